The van der Waals surface area contributed by atoms with E-state index in [2.05, 4.69) is 4.74 Å². The van der Waals surface area contributed by atoms with E-state index < -0.39 is 36.0 Å². The van der Waals surface area contributed by atoms with E-state index in [1.807, 2.05) is 0 Å². The van der Waals surface area contributed by atoms with Crippen molar-refractivity contribution in [2.24, 2.45) is 0 Å². The molecule has 1 N–H and O–H groups in total. The molecule has 3 rings (SSSR count). The van der Waals surface area contributed by atoms with Crippen molar-refractivity contribution >= 4 is 17.7 Å². The SMILES string of the molecule is O=C(O)c1cccc2c1OC(F)(F)CN2C(=O)OCc1ccccc1. The Kier molecular flexibility index (Phi) is 4.26. The number of carboxylic acids is 1. The summed E-state index contributed by atoms with van der Waals surface area (Å²) in [5, 5.41) is 9.13. The standard InChI is InChI=1S/C17H13F2NO5/c18-17(19)10-20(16(23)24-9-11-5-2-1-3-6-11)13-8-4-7-12(15(21)22)14(13)25-17/h1-8H,9-10H2,(H,21,22). The van der Waals surface area contributed by atoms with Crippen molar-refractivity contribution in [3.05, 3.63) is 59.7 Å². The largest absolute Gasteiger partial charge is 0.478 e. The number of ether oxygens (including phenoxy) is 2. The molecule has 2 aromatic rings. The fourth-order valence-electron chi connectivity index (χ4n) is 2.42. The monoisotopic (exact) mass is 349 g/mol. The number of hydrogen-bond donors (Lipinski definition) is 1. The van der Waals surface area contributed by atoms with Gasteiger partial charge in [-0.3, -0.25) is 4.90 Å². The summed E-state index contributed by atoms with van der Waals surface area (Å²) < 4.78 is 37.2. The lowest BCUT2D eigenvalue weighted by molar-refractivity contribution is -0.171. The number of aromatic carboxylic acids is 1. The van der Waals surface area contributed by atoms with Crippen LogP contribution >= 0.6 is 0 Å². The van der Waals surface area contributed by atoms with Crippen LogP contribution in [0.15, 0.2) is 48.5 Å². The highest BCUT2D eigenvalue weighted by atomic mass is 19.3. The van der Waals surface area contributed by atoms with Gasteiger partial charge >= 0.3 is 18.2 Å². The molecule has 8 heteroatoms. The van der Waals surface area contributed by atoms with Crippen LogP contribution in [-0.4, -0.2) is 29.8 Å². The number of carbonyl (C=O) groups is 2. The van der Waals surface area contributed by atoms with E-state index >= 15 is 0 Å². The number of rotatable bonds is 3. The highest BCUT2D eigenvalue weighted by Gasteiger charge is 2.45. The molecule has 0 saturated carbocycles. The quantitative estimate of drug-likeness (QED) is 0.918. The molecular formula is C17H13F2NO5. The maximum absolute atomic E-state index is 13.8. The van der Waals surface area contributed by atoms with Gasteiger partial charge in [-0.1, -0.05) is 36.4 Å². The molecular weight excluding hydrogens is 336 g/mol. The second-order valence-electron chi connectivity index (χ2n) is 5.32. The predicted octanol–water partition coefficient (Wildman–Crippen LogP) is 3.51. The van der Waals surface area contributed by atoms with Crippen LogP contribution in [0.3, 0.4) is 0 Å². The number of nitrogens with zero attached hydrogens (tertiary/aromatic N) is 1. The van der Waals surface area contributed by atoms with Gasteiger partial charge in [-0.2, -0.15) is 8.78 Å². The zero-order valence-electron chi connectivity index (χ0n) is 12.8. The number of benzene rings is 2. The van der Waals surface area contributed by atoms with Gasteiger partial charge in [0.15, 0.2) is 5.75 Å². The van der Waals surface area contributed by atoms with Crippen molar-refractivity contribution in [1.29, 1.82) is 0 Å². The third kappa shape index (κ3) is 3.52. The van der Waals surface area contributed by atoms with E-state index in [9.17, 15) is 18.4 Å². The first-order valence-electron chi connectivity index (χ1n) is 7.29. The third-order valence-electron chi connectivity index (χ3n) is 3.53. The first kappa shape index (κ1) is 16.7. The molecule has 1 aliphatic heterocycles. The van der Waals surface area contributed by atoms with E-state index in [0.29, 0.717) is 10.5 Å². The van der Waals surface area contributed by atoms with Crippen LogP contribution < -0.4 is 9.64 Å². The second kappa shape index (κ2) is 6.39. The molecule has 0 aliphatic carbocycles. The Bertz CT molecular complexity index is 810. The summed E-state index contributed by atoms with van der Waals surface area (Å²) in [6.07, 6.45) is -4.75. The molecule has 0 fully saturated rings. The zero-order chi connectivity index (χ0) is 18.0. The molecule has 1 heterocycles. The number of fused-ring (bicyclic) bond motifs is 1. The molecule has 0 radical (unpaired) electrons. The van der Waals surface area contributed by atoms with Gasteiger partial charge in [-0.05, 0) is 17.7 Å². The molecule has 0 atom stereocenters. The fraction of sp³-hybridized carbons (Fsp3) is 0.176. The highest BCUT2D eigenvalue weighted by molar-refractivity contribution is 5.98. The molecule has 2 aromatic carbocycles. The van der Waals surface area contributed by atoms with Gasteiger partial charge in [0, 0.05) is 0 Å². The minimum atomic E-state index is -3.73. The average Bonchev–Trinajstić information content (AvgIpc) is 2.58. The maximum Gasteiger partial charge on any atom is 0.416 e. The maximum atomic E-state index is 13.8. The third-order valence-corrected chi connectivity index (χ3v) is 3.53. The fourth-order valence-corrected chi connectivity index (χ4v) is 2.42. The number of amides is 1. The van der Waals surface area contributed by atoms with Crippen molar-refractivity contribution < 1.29 is 33.0 Å². The molecule has 1 aliphatic rings. The molecule has 130 valence electrons. The van der Waals surface area contributed by atoms with Crippen LogP contribution in [-0.2, 0) is 11.3 Å². The van der Waals surface area contributed by atoms with Gasteiger partial charge in [0.2, 0.25) is 0 Å². The van der Waals surface area contributed by atoms with Gasteiger partial charge in [0.1, 0.15) is 18.7 Å². The summed E-state index contributed by atoms with van der Waals surface area (Å²) in [4.78, 5) is 24.2. The number of hydrogen-bond acceptors (Lipinski definition) is 4. The first-order valence-corrected chi connectivity index (χ1v) is 7.29. The van der Waals surface area contributed by atoms with Crippen LogP contribution in [0.5, 0.6) is 5.75 Å². The Morgan fingerprint density at radius 3 is 2.56 bits per heavy atom. The number of carboxylic acid groups (broad SMARTS) is 1. The average molecular weight is 349 g/mol. The molecule has 25 heavy (non-hydrogen) atoms. The number of halogens is 2. The summed E-state index contributed by atoms with van der Waals surface area (Å²) in [6.45, 7) is -1.17. The Morgan fingerprint density at radius 2 is 1.88 bits per heavy atom. The lowest BCUT2D eigenvalue weighted by atomic mass is 10.1. The number of anilines is 1. The topological polar surface area (TPSA) is 76.1 Å². The number of para-hydroxylation sites is 1. The van der Waals surface area contributed by atoms with Crippen LogP contribution in [0.1, 0.15) is 15.9 Å². The first-order chi connectivity index (χ1) is 11.9. The van der Waals surface area contributed by atoms with Crippen molar-refractivity contribution in [3.8, 4) is 5.75 Å². The van der Waals surface area contributed by atoms with E-state index in [4.69, 9.17) is 9.84 Å². The van der Waals surface area contributed by atoms with E-state index in [0.717, 1.165) is 6.07 Å². The molecule has 1 amide bonds. The Labute approximate surface area is 141 Å². The van der Waals surface area contributed by atoms with Crippen LogP contribution in [0, 0.1) is 0 Å². The Morgan fingerprint density at radius 1 is 1.16 bits per heavy atom. The van der Waals surface area contributed by atoms with Crippen molar-refractivity contribution in [1.82, 2.24) is 0 Å². The second-order valence-corrected chi connectivity index (χ2v) is 5.32. The lowest BCUT2D eigenvalue weighted by Gasteiger charge is -2.34. The minimum Gasteiger partial charge on any atom is -0.478 e. The molecule has 0 bridgehead atoms. The molecule has 0 spiro atoms. The summed E-state index contributed by atoms with van der Waals surface area (Å²) in [7, 11) is 0. The number of alkyl halides is 2. The van der Waals surface area contributed by atoms with Crippen LogP contribution in [0.2, 0.25) is 0 Å². The van der Waals surface area contributed by atoms with Crippen molar-refractivity contribution in [2.45, 2.75) is 12.7 Å². The van der Waals surface area contributed by atoms with Gasteiger partial charge in [-0.25, -0.2) is 9.59 Å². The van der Waals surface area contributed by atoms with Crippen molar-refractivity contribution in [2.75, 3.05) is 11.4 Å². The van der Waals surface area contributed by atoms with Crippen LogP contribution in [0.4, 0.5) is 19.3 Å². The molecule has 0 unspecified atom stereocenters. The van der Waals surface area contributed by atoms with E-state index in [-0.39, 0.29) is 12.3 Å². The van der Waals surface area contributed by atoms with Crippen molar-refractivity contribution in [3.63, 3.8) is 0 Å². The molecule has 0 aromatic heterocycles. The van der Waals surface area contributed by atoms with E-state index in [1.54, 1.807) is 30.3 Å². The molecule has 0 saturated heterocycles. The van der Waals surface area contributed by atoms with Gasteiger partial charge in [0.05, 0.1) is 5.69 Å². The lowest BCUT2D eigenvalue weighted by Crippen LogP contribution is -2.48. The van der Waals surface area contributed by atoms with Gasteiger partial charge in [-0.15, -0.1) is 0 Å². The normalized spacial score (nSPS) is 15.0. The van der Waals surface area contributed by atoms with Crippen LogP contribution in [0.25, 0.3) is 0 Å². The highest BCUT2D eigenvalue weighted by Crippen LogP contribution is 2.41. The predicted molar refractivity (Wildman–Crippen MR) is 82.9 cm³/mol. The van der Waals surface area contributed by atoms with Gasteiger partial charge < -0.3 is 14.6 Å². The van der Waals surface area contributed by atoms with E-state index in [1.165, 1.54) is 12.1 Å². The molecule has 6 nitrogen and oxygen atoms in total. The summed E-state index contributed by atoms with van der Waals surface area (Å²) in [5.74, 6) is -2.00. The zero-order valence-corrected chi connectivity index (χ0v) is 12.8. The Hall–Kier alpha value is -3.16. The summed E-state index contributed by atoms with van der Waals surface area (Å²) in [6, 6.07) is 12.5. The summed E-state index contributed by atoms with van der Waals surface area (Å²) in [5.41, 5.74) is 0.150. The number of carbonyl (C=O) groups excluding carboxylic acids is 1. The van der Waals surface area contributed by atoms with Gasteiger partial charge in [0.25, 0.3) is 0 Å². The summed E-state index contributed by atoms with van der Waals surface area (Å²) >= 11 is 0. The minimum absolute atomic E-state index is 0.0797. The smallest absolute Gasteiger partial charge is 0.416 e. The Balaban J connectivity index is 1.88.